The van der Waals surface area contributed by atoms with Crippen molar-refractivity contribution in [3.05, 3.63) is 35.6 Å². The van der Waals surface area contributed by atoms with Crippen LogP contribution in [0.2, 0.25) is 0 Å². The molecule has 0 aromatic heterocycles. The van der Waals surface area contributed by atoms with Crippen molar-refractivity contribution in [2.75, 3.05) is 25.2 Å². The number of thioether (sulfide) groups is 1. The minimum Gasteiger partial charge on any atom is -0.385 e. The summed E-state index contributed by atoms with van der Waals surface area (Å²) in [5.41, 5.74) is 0.182. The highest BCUT2D eigenvalue weighted by Gasteiger charge is 2.10. The number of halogens is 1. The van der Waals surface area contributed by atoms with Gasteiger partial charge in [0.15, 0.2) is 5.78 Å². The van der Waals surface area contributed by atoms with E-state index in [4.69, 9.17) is 4.74 Å². The zero-order chi connectivity index (χ0) is 11.8. The van der Waals surface area contributed by atoms with Crippen LogP contribution >= 0.6 is 11.8 Å². The lowest BCUT2D eigenvalue weighted by Crippen LogP contribution is -2.06. The lowest BCUT2D eigenvalue weighted by molar-refractivity contribution is 0.101. The van der Waals surface area contributed by atoms with Crippen molar-refractivity contribution >= 4 is 17.5 Å². The minimum atomic E-state index is -0.440. The Morgan fingerprint density at radius 1 is 1.44 bits per heavy atom. The van der Waals surface area contributed by atoms with Gasteiger partial charge in [0.1, 0.15) is 5.82 Å². The van der Waals surface area contributed by atoms with Gasteiger partial charge in [0.25, 0.3) is 0 Å². The second-order valence-corrected chi connectivity index (χ2v) is 4.41. The number of hydrogen-bond donors (Lipinski definition) is 0. The van der Waals surface area contributed by atoms with Crippen molar-refractivity contribution in [2.45, 2.75) is 6.42 Å². The van der Waals surface area contributed by atoms with Gasteiger partial charge in [0.05, 0.1) is 11.3 Å². The molecule has 0 saturated heterocycles. The van der Waals surface area contributed by atoms with E-state index in [0.29, 0.717) is 12.4 Å². The number of benzene rings is 1. The average molecular weight is 242 g/mol. The first-order valence-corrected chi connectivity index (χ1v) is 6.25. The molecule has 0 amide bonds. The normalized spacial score (nSPS) is 10.4. The van der Waals surface area contributed by atoms with Gasteiger partial charge < -0.3 is 4.74 Å². The minimum absolute atomic E-state index is 0.152. The van der Waals surface area contributed by atoms with Gasteiger partial charge in [-0.15, -0.1) is 0 Å². The van der Waals surface area contributed by atoms with Crippen molar-refractivity contribution in [1.29, 1.82) is 0 Å². The maximum Gasteiger partial charge on any atom is 0.175 e. The molecule has 16 heavy (non-hydrogen) atoms. The van der Waals surface area contributed by atoms with Gasteiger partial charge in [-0.3, -0.25) is 4.79 Å². The smallest absolute Gasteiger partial charge is 0.175 e. The molecule has 0 atom stereocenters. The molecule has 0 saturated carbocycles. The molecule has 0 aliphatic rings. The van der Waals surface area contributed by atoms with Crippen LogP contribution in [0.1, 0.15) is 16.8 Å². The second-order valence-electron chi connectivity index (χ2n) is 3.30. The van der Waals surface area contributed by atoms with Crippen LogP contribution in [0.4, 0.5) is 4.39 Å². The van der Waals surface area contributed by atoms with Gasteiger partial charge in [-0.2, -0.15) is 11.8 Å². The molecule has 0 radical (unpaired) electrons. The molecule has 1 rings (SSSR count). The van der Waals surface area contributed by atoms with E-state index >= 15 is 0 Å². The van der Waals surface area contributed by atoms with Crippen molar-refractivity contribution in [3.8, 4) is 0 Å². The summed E-state index contributed by atoms with van der Waals surface area (Å²) in [6.07, 6.45) is 0.908. The van der Waals surface area contributed by atoms with E-state index in [1.54, 1.807) is 19.2 Å². The Morgan fingerprint density at radius 3 is 2.88 bits per heavy atom. The Hall–Kier alpha value is -0.870. The predicted octanol–water partition coefficient (Wildman–Crippen LogP) is 2.78. The number of methoxy groups -OCH3 is 1. The number of Topliss-reactive ketones (excluding diaryl/α,β-unsaturated/α-hetero) is 1. The van der Waals surface area contributed by atoms with Gasteiger partial charge in [-0.1, -0.05) is 12.1 Å². The summed E-state index contributed by atoms with van der Waals surface area (Å²) in [6, 6.07) is 6.08. The first-order chi connectivity index (χ1) is 7.75. The fourth-order valence-electron chi connectivity index (χ4n) is 1.24. The Balaban J connectivity index is 2.33. The van der Waals surface area contributed by atoms with Crippen molar-refractivity contribution in [3.63, 3.8) is 0 Å². The summed E-state index contributed by atoms with van der Waals surface area (Å²) in [4.78, 5) is 11.6. The molecule has 1 aromatic carbocycles. The number of rotatable bonds is 7. The van der Waals surface area contributed by atoms with Crippen LogP contribution in [0.3, 0.4) is 0 Å². The third-order valence-electron chi connectivity index (χ3n) is 2.04. The first-order valence-electron chi connectivity index (χ1n) is 5.10. The molecule has 88 valence electrons. The van der Waals surface area contributed by atoms with E-state index in [0.717, 1.165) is 12.2 Å². The van der Waals surface area contributed by atoms with E-state index in [-0.39, 0.29) is 11.3 Å². The van der Waals surface area contributed by atoms with Gasteiger partial charge in [0, 0.05) is 13.7 Å². The SMILES string of the molecule is COCCCSCC(=O)c1ccccc1F. The summed E-state index contributed by atoms with van der Waals surface area (Å²) >= 11 is 1.51. The van der Waals surface area contributed by atoms with E-state index in [2.05, 4.69) is 0 Å². The van der Waals surface area contributed by atoms with Gasteiger partial charge >= 0.3 is 0 Å². The predicted molar refractivity (Wildman–Crippen MR) is 64.5 cm³/mol. The average Bonchev–Trinajstić information content (AvgIpc) is 2.29. The Kier molecular flexibility index (Phi) is 6.11. The molecule has 1 aromatic rings. The van der Waals surface area contributed by atoms with Crippen LogP contribution in [-0.2, 0) is 4.74 Å². The summed E-state index contributed by atoms with van der Waals surface area (Å²) in [5, 5.41) is 0. The van der Waals surface area contributed by atoms with Crippen LogP contribution in [0.5, 0.6) is 0 Å². The van der Waals surface area contributed by atoms with Crippen molar-refractivity contribution in [1.82, 2.24) is 0 Å². The third-order valence-corrected chi connectivity index (χ3v) is 3.09. The largest absolute Gasteiger partial charge is 0.385 e. The second kappa shape index (κ2) is 7.41. The van der Waals surface area contributed by atoms with Gasteiger partial charge in [-0.25, -0.2) is 4.39 Å². The van der Waals surface area contributed by atoms with E-state index < -0.39 is 5.82 Å². The lowest BCUT2D eigenvalue weighted by atomic mass is 10.1. The molecule has 0 spiro atoms. The lowest BCUT2D eigenvalue weighted by Gasteiger charge is -2.02. The number of ketones is 1. The zero-order valence-electron chi connectivity index (χ0n) is 9.24. The molecule has 4 heteroatoms. The van der Waals surface area contributed by atoms with E-state index in [1.165, 1.54) is 23.9 Å². The van der Waals surface area contributed by atoms with Crippen LogP contribution < -0.4 is 0 Å². The van der Waals surface area contributed by atoms with E-state index in [1.807, 2.05) is 0 Å². The van der Waals surface area contributed by atoms with E-state index in [9.17, 15) is 9.18 Å². The molecule has 0 bridgehead atoms. The number of carbonyl (C=O) groups is 1. The third kappa shape index (κ3) is 4.33. The van der Waals surface area contributed by atoms with Crippen LogP contribution in [0.25, 0.3) is 0 Å². The summed E-state index contributed by atoms with van der Waals surface area (Å²) < 4.78 is 18.1. The molecule has 0 unspecified atom stereocenters. The maximum absolute atomic E-state index is 13.2. The number of carbonyl (C=O) groups excluding carboxylic acids is 1. The molecule has 0 aliphatic heterocycles. The molecule has 0 fully saturated rings. The molecule has 0 N–H and O–H groups in total. The monoisotopic (exact) mass is 242 g/mol. The van der Waals surface area contributed by atoms with Crippen molar-refractivity contribution < 1.29 is 13.9 Å². The molecular weight excluding hydrogens is 227 g/mol. The van der Waals surface area contributed by atoms with Gasteiger partial charge in [0.2, 0.25) is 0 Å². The van der Waals surface area contributed by atoms with Crippen LogP contribution in [0.15, 0.2) is 24.3 Å². The summed E-state index contributed by atoms with van der Waals surface area (Å²) in [5.74, 6) is 0.587. The fraction of sp³-hybridized carbons (Fsp3) is 0.417. The summed E-state index contributed by atoms with van der Waals surface area (Å²) in [6.45, 7) is 0.695. The highest BCUT2D eigenvalue weighted by molar-refractivity contribution is 7.99. The highest BCUT2D eigenvalue weighted by Crippen LogP contribution is 2.11. The Labute approximate surface area is 99.2 Å². The van der Waals surface area contributed by atoms with Crippen molar-refractivity contribution in [2.24, 2.45) is 0 Å². The Morgan fingerprint density at radius 2 is 2.19 bits per heavy atom. The topological polar surface area (TPSA) is 26.3 Å². The number of ether oxygens (including phenoxy) is 1. The molecule has 2 nitrogen and oxygen atoms in total. The van der Waals surface area contributed by atoms with Gasteiger partial charge in [-0.05, 0) is 24.3 Å². The highest BCUT2D eigenvalue weighted by atomic mass is 32.2. The molecular formula is C12H15FO2S. The molecule has 0 aliphatic carbocycles. The first kappa shape index (κ1) is 13.2. The Bertz CT molecular complexity index is 342. The fourth-order valence-corrected chi connectivity index (χ4v) is 2.04. The summed E-state index contributed by atoms with van der Waals surface area (Å²) in [7, 11) is 1.65. The maximum atomic E-state index is 13.2. The number of hydrogen-bond acceptors (Lipinski definition) is 3. The van der Waals surface area contributed by atoms with Crippen LogP contribution in [0, 0.1) is 5.82 Å². The molecule has 0 heterocycles. The zero-order valence-corrected chi connectivity index (χ0v) is 10.1. The van der Waals surface area contributed by atoms with Crippen LogP contribution in [-0.4, -0.2) is 31.0 Å². The quantitative estimate of drug-likeness (QED) is 0.543. The standard InChI is InChI=1S/C12H15FO2S/c1-15-7-4-8-16-9-12(14)10-5-2-3-6-11(10)13/h2-3,5-6H,4,7-9H2,1H3.